The molecule has 2 heterocycles. The minimum Gasteiger partial charge on any atom is -0.369 e. The summed E-state index contributed by atoms with van der Waals surface area (Å²) in [6.45, 7) is 0.870. The van der Waals surface area contributed by atoms with Gasteiger partial charge in [-0.2, -0.15) is 5.26 Å². The highest BCUT2D eigenvalue weighted by Crippen LogP contribution is 2.32. The molecular formula is C16H13FN4O. The second-order valence-electron chi connectivity index (χ2n) is 5.19. The largest absolute Gasteiger partial charge is 0.369 e. The third kappa shape index (κ3) is 2.61. The first-order chi connectivity index (χ1) is 10.6. The number of primary amides is 1. The fraction of sp³-hybridized carbons (Fsp3) is 0.188. The van der Waals surface area contributed by atoms with Crippen molar-refractivity contribution in [1.82, 2.24) is 9.88 Å². The monoisotopic (exact) mass is 296 g/mol. The van der Waals surface area contributed by atoms with E-state index in [4.69, 9.17) is 11.0 Å². The second kappa shape index (κ2) is 5.45. The number of rotatable bonds is 3. The Morgan fingerprint density at radius 1 is 1.36 bits per heavy atom. The highest BCUT2D eigenvalue weighted by Gasteiger charge is 2.24. The van der Waals surface area contributed by atoms with Crippen molar-refractivity contribution in [2.24, 2.45) is 5.73 Å². The standard InChI is InChI=1S/C16H13FN4O/c17-11-3-1-10(2-4-11)13-5-12(6-16(19)22)20-15-8-21(9-18)7-14(13)15/h1-5H,6-8H2,(H2,19,22). The number of nitrogens with zero attached hydrogens (tertiary/aromatic N) is 3. The highest BCUT2D eigenvalue weighted by atomic mass is 19.1. The van der Waals surface area contributed by atoms with Crippen molar-refractivity contribution < 1.29 is 9.18 Å². The number of nitriles is 1. The van der Waals surface area contributed by atoms with Crippen LogP contribution in [0.2, 0.25) is 0 Å². The van der Waals surface area contributed by atoms with Gasteiger partial charge in [-0.3, -0.25) is 9.78 Å². The van der Waals surface area contributed by atoms with Crippen molar-refractivity contribution >= 4 is 5.91 Å². The quantitative estimate of drug-likeness (QED) is 0.874. The van der Waals surface area contributed by atoms with E-state index >= 15 is 0 Å². The zero-order chi connectivity index (χ0) is 15.7. The van der Waals surface area contributed by atoms with E-state index in [1.54, 1.807) is 23.1 Å². The van der Waals surface area contributed by atoms with E-state index in [1.165, 1.54) is 12.1 Å². The fourth-order valence-electron chi connectivity index (χ4n) is 2.64. The fourth-order valence-corrected chi connectivity index (χ4v) is 2.64. The molecule has 3 rings (SSSR count). The summed E-state index contributed by atoms with van der Waals surface area (Å²) in [5.74, 6) is -0.780. The van der Waals surface area contributed by atoms with Crippen molar-refractivity contribution in [3.63, 3.8) is 0 Å². The molecule has 1 aliphatic rings. The van der Waals surface area contributed by atoms with E-state index in [9.17, 15) is 9.18 Å². The van der Waals surface area contributed by atoms with Crippen LogP contribution in [0.5, 0.6) is 0 Å². The van der Waals surface area contributed by atoms with Gasteiger partial charge in [0, 0.05) is 5.56 Å². The third-order valence-corrected chi connectivity index (χ3v) is 3.60. The Morgan fingerprint density at radius 2 is 2.09 bits per heavy atom. The molecule has 1 amide bonds. The highest BCUT2D eigenvalue weighted by molar-refractivity contribution is 5.77. The van der Waals surface area contributed by atoms with E-state index in [0.29, 0.717) is 18.8 Å². The van der Waals surface area contributed by atoms with Crippen molar-refractivity contribution in [3.05, 3.63) is 53.1 Å². The van der Waals surface area contributed by atoms with Gasteiger partial charge in [-0.15, -0.1) is 0 Å². The minimum atomic E-state index is -0.465. The number of aromatic nitrogens is 1. The molecule has 0 unspecified atom stereocenters. The van der Waals surface area contributed by atoms with Gasteiger partial charge in [-0.25, -0.2) is 4.39 Å². The van der Waals surface area contributed by atoms with Crippen molar-refractivity contribution in [2.45, 2.75) is 19.5 Å². The van der Waals surface area contributed by atoms with Crippen LogP contribution in [0.1, 0.15) is 17.0 Å². The number of halogens is 1. The Balaban J connectivity index is 2.11. The van der Waals surface area contributed by atoms with Crippen molar-refractivity contribution in [2.75, 3.05) is 0 Å². The molecule has 110 valence electrons. The van der Waals surface area contributed by atoms with Gasteiger partial charge in [-0.1, -0.05) is 12.1 Å². The van der Waals surface area contributed by atoms with E-state index in [0.717, 1.165) is 22.4 Å². The minimum absolute atomic E-state index is 0.0357. The zero-order valence-electron chi connectivity index (χ0n) is 11.7. The Kier molecular flexibility index (Phi) is 3.47. The molecule has 0 aliphatic carbocycles. The van der Waals surface area contributed by atoms with Gasteiger partial charge in [0.1, 0.15) is 5.82 Å². The number of amides is 1. The lowest BCUT2D eigenvalue weighted by molar-refractivity contribution is -0.117. The van der Waals surface area contributed by atoms with Crippen LogP contribution in [-0.4, -0.2) is 15.8 Å². The first-order valence-corrected chi connectivity index (χ1v) is 6.77. The molecule has 0 fully saturated rings. The zero-order valence-corrected chi connectivity index (χ0v) is 11.7. The number of benzene rings is 1. The van der Waals surface area contributed by atoms with Crippen LogP contribution in [0, 0.1) is 17.3 Å². The first kappa shape index (κ1) is 14.0. The molecule has 2 N–H and O–H groups in total. The van der Waals surface area contributed by atoms with Gasteiger partial charge < -0.3 is 10.6 Å². The number of hydrogen-bond donors (Lipinski definition) is 1. The lowest BCUT2D eigenvalue weighted by Crippen LogP contribution is -2.15. The third-order valence-electron chi connectivity index (χ3n) is 3.60. The molecule has 1 aromatic carbocycles. The number of carbonyl (C=O) groups is 1. The van der Waals surface area contributed by atoms with Crippen LogP contribution in [-0.2, 0) is 24.3 Å². The van der Waals surface area contributed by atoms with E-state index in [1.807, 2.05) is 0 Å². The normalized spacial score (nSPS) is 12.8. The molecule has 2 aromatic rings. The average Bonchev–Trinajstić information content (AvgIpc) is 2.89. The van der Waals surface area contributed by atoms with Crippen LogP contribution < -0.4 is 5.73 Å². The Morgan fingerprint density at radius 3 is 2.73 bits per heavy atom. The predicted octanol–water partition coefficient (Wildman–Crippen LogP) is 1.71. The Hall–Kier alpha value is -2.94. The van der Waals surface area contributed by atoms with E-state index in [-0.39, 0.29) is 12.2 Å². The van der Waals surface area contributed by atoms with Crippen molar-refractivity contribution in [3.8, 4) is 17.3 Å². The molecular weight excluding hydrogens is 283 g/mol. The molecule has 22 heavy (non-hydrogen) atoms. The summed E-state index contributed by atoms with van der Waals surface area (Å²) in [7, 11) is 0. The molecule has 0 bridgehead atoms. The number of carbonyl (C=O) groups excluding carboxylic acids is 1. The first-order valence-electron chi connectivity index (χ1n) is 6.77. The van der Waals surface area contributed by atoms with Gasteiger partial charge in [0.2, 0.25) is 5.91 Å². The molecule has 5 nitrogen and oxygen atoms in total. The molecule has 0 saturated heterocycles. The van der Waals surface area contributed by atoms with Crippen LogP contribution in [0.25, 0.3) is 11.1 Å². The topological polar surface area (TPSA) is 83.0 Å². The number of hydrogen-bond acceptors (Lipinski definition) is 4. The van der Waals surface area contributed by atoms with E-state index < -0.39 is 5.91 Å². The summed E-state index contributed by atoms with van der Waals surface area (Å²) in [6.07, 6.45) is 2.14. The van der Waals surface area contributed by atoms with Crippen LogP contribution in [0.15, 0.2) is 30.3 Å². The summed E-state index contributed by atoms with van der Waals surface area (Å²) >= 11 is 0. The smallest absolute Gasteiger partial charge is 0.223 e. The van der Waals surface area contributed by atoms with Gasteiger partial charge in [0.15, 0.2) is 6.19 Å². The molecule has 1 aromatic heterocycles. The number of fused-ring (bicyclic) bond motifs is 1. The SMILES string of the molecule is N#CN1Cc2nc(CC(N)=O)cc(-c3ccc(F)cc3)c2C1. The molecule has 6 heteroatoms. The number of nitrogens with two attached hydrogens (primary N) is 1. The predicted molar refractivity (Wildman–Crippen MR) is 77.4 cm³/mol. The van der Waals surface area contributed by atoms with Gasteiger partial charge in [0.05, 0.1) is 30.9 Å². The summed E-state index contributed by atoms with van der Waals surface area (Å²) in [4.78, 5) is 17.2. The lowest BCUT2D eigenvalue weighted by atomic mass is 9.98. The average molecular weight is 296 g/mol. The summed E-state index contributed by atoms with van der Waals surface area (Å²) in [6, 6.07) is 7.90. The molecule has 0 radical (unpaired) electrons. The maximum absolute atomic E-state index is 13.1. The Labute approximate surface area is 126 Å². The molecule has 1 aliphatic heterocycles. The maximum Gasteiger partial charge on any atom is 0.223 e. The van der Waals surface area contributed by atoms with Gasteiger partial charge >= 0.3 is 0 Å². The molecule has 0 spiro atoms. The van der Waals surface area contributed by atoms with E-state index in [2.05, 4.69) is 11.2 Å². The Bertz CT molecular complexity index is 780. The van der Waals surface area contributed by atoms with Crippen LogP contribution >= 0.6 is 0 Å². The second-order valence-corrected chi connectivity index (χ2v) is 5.19. The van der Waals surface area contributed by atoms with Crippen molar-refractivity contribution in [1.29, 1.82) is 5.26 Å². The molecule has 0 saturated carbocycles. The summed E-state index contributed by atoms with van der Waals surface area (Å²) in [5, 5.41) is 9.08. The van der Waals surface area contributed by atoms with Crippen LogP contribution in [0.3, 0.4) is 0 Å². The maximum atomic E-state index is 13.1. The van der Waals surface area contributed by atoms with Gasteiger partial charge in [0.25, 0.3) is 0 Å². The van der Waals surface area contributed by atoms with Crippen LogP contribution in [0.4, 0.5) is 4.39 Å². The molecule has 0 atom stereocenters. The summed E-state index contributed by atoms with van der Waals surface area (Å²) < 4.78 is 13.1. The summed E-state index contributed by atoms with van der Waals surface area (Å²) in [5.41, 5.74) is 9.18. The lowest BCUT2D eigenvalue weighted by Gasteiger charge is -2.10. The van der Waals surface area contributed by atoms with Gasteiger partial charge in [-0.05, 0) is 29.3 Å². The number of pyridine rings is 1.